The van der Waals surface area contributed by atoms with E-state index < -0.39 is 0 Å². The second-order valence-electron chi connectivity index (χ2n) is 3.53. The van der Waals surface area contributed by atoms with Crippen LogP contribution in [-0.4, -0.2) is 24.4 Å². The Morgan fingerprint density at radius 2 is 2.07 bits per heavy atom. The fraction of sp³-hybridized carbons (Fsp3) is 0.308. The molecule has 0 saturated heterocycles. The van der Waals surface area contributed by atoms with Gasteiger partial charge in [0.1, 0.15) is 0 Å². The van der Waals surface area contributed by atoms with Crippen molar-refractivity contribution in [2.45, 2.75) is 12.8 Å². The number of rotatable bonds is 3. The number of benzene rings is 1. The first-order valence-electron chi connectivity index (χ1n) is 4.90. The SMILES string of the molecule is C#CCN(C)C(=O)[C@@H](C)c1ccccc1. The molecule has 0 bridgehead atoms. The van der Waals surface area contributed by atoms with Gasteiger partial charge in [-0.1, -0.05) is 36.3 Å². The molecule has 2 nitrogen and oxygen atoms in total. The third-order valence-electron chi connectivity index (χ3n) is 2.37. The number of carbonyl (C=O) groups is 1. The Morgan fingerprint density at radius 1 is 1.47 bits per heavy atom. The van der Waals surface area contributed by atoms with Gasteiger partial charge in [-0.15, -0.1) is 6.42 Å². The van der Waals surface area contributed by atoms with Crippen LogP contribution in [0.4, 0.5) is 0 Å². The van der Waals surface area contributed by atoms with Gasteiger partial charge in [-0.05, 0) is 12.5 Å². The molecule has 2 heteroatoms. The molecular weight excluding hydrogens is 186 g/mol. The molecule has 1 aromatic carbocycles. The van der Waals surface area contributed by atoms with Crippen LogP contribution in [0.25, 0.3) is 0 Å². The standard InChI is InChI=1S/C13H15NO/c1-4-10-14(3)13(15)11(2)12-8-6-5-7-9-12/h1,5-9,11H,10H2,2-3H3/t11-/m0/s1. The molecule has 0 unspecified atom stereocenters. The monoisotopic (exact) mass is 201 g/mol. The van der Waals surface area contributed by atoms with Crippen LogP contribution < -0.4 is 0 Å². The summed E-state index contributed by atoms with van der Waals surface area (Å²) in [7, 11) is 1.72. The lowest BCUT2D eigenvalue weighted by atomic mass is 10.00. The highest BCUT2D eigenvalue weighted by molar-refractivity contribution is 5.83. The highest BCUT2D eigenvalue weighted by Crippen LogP contribution is 2.16. The Labute approximate surface area is 90.9 Å². The van der Waals surface area contributed by atoms with Gasteiger partial charge in [0.2, 0.25) is 5.91 Å². The van der Waals surface area contributed by atoms with E-state index in [0.717, 1.165) is 5.56 Å². The quantitative estimate of drug-likeness (QED) is 0.684. The molecule has 1 amide bonds. The minimum Gasteiger partial charge on any atom is -0.334 e. The minimum atomic E-state index is -0.135. The maximum atomic E-state index is 11.9. The Hall–Kier alpha value is -1.75. The van der Waals surface area contributed by atoms with Gasteiger partial charge in [-0.3, -0.25) is 4.79 Å². The molecule has 0 aromatic heterocycles. The Balaban J connectivity index is 2.74. The number of hydrogen-bond donors (Lipinski definition) is 0. The number of terminal acetylenes is 1. The van der Waals surface area contributed by atoms with Crippen molar-refractivity contribution in [3.8, 4) is 12.3 Å². The predicted molar refractivity (Wildman–Crippen MR) is 61.3 cm³/mol. The Morgan fingerprint density at radius 3 is 2.60 bits per heavy atom. The molecule has 0 aliphatic carbocycles. The van der Waals surface area contributed by atoms with E-state index in [1.165, 1.54) is 0 Å². The van der Waals surface area contributed by atoms with E-state index in [-0.39, 0.29) is 11.8 Å². The predicted octanol–water partition coefficient (Wildman–Crippen LogP) is 1.88. The first-order chi connectivity index (χ1) is 7.16. The van der Waals surface area contributed by atoms with Gasteiger partial charge in [0.05, 0.1) is 12.5 Å². The van der Waals surface area contributed by atoms with Crippen LogP contribution in [0, 0.1) is 12.3 Å². The van der Waals surface area contributed by atoms with Crippen molar-refractivity contribution in [3.05, 3.63) is 35.9 Å². The molecule has 1 rings (SSSR count). The average Bonchev–Trinajstić information content (AvgIpc) is 2.28. The molecule has 0 spiro atoms. The van der Waals surface area contributed by atoms with Crippen molar-refractivity contribution < 1.29 is 4.79 Å². The van der Waals surface area contributed by atoms with Gasteiger partial charge in [-0.25, -0.2) is 0 Å². The van der Waals surface area contributed by atoms with E-state index in [9.17, 15) is 4.79 Å². The lowest BCUT2D eigenvalue weighted by molar-refractivity contribution is -0.130. The lowest BCUT2D eigenvalue weighted by Crippen LogP contribution is -2.30. The molecule has 0 aliphatic rings. The van der Waals surface area contributed by atoms with Gasteiger partial charge >= 0.3 is 0 Å². The molecule has 0 heterocycles. The third kappa shape index (κ3) is 2.85. The summed E-state index contributed by atoms with van der Waals surface area (Å²) in [5.74, 6) is 2.38. The van der Waals surface area contributed by atoms with Gasteiger partial charge in [0, 0.05) is 7.05 Å². The third-order valence-corrected chi connectivity index (χ3v) is 2.37. The van der Waals surface area contributed by atoms with Crippen molar-refractivity contribution >= 4 is 5.91 Å². The van der Waals surface area contributed by atoms with Crippen LogP contribution in [0.2, 0.25) is 0 Å². The first-order valence-corrected chi connectivity index (χ1v) is 4.90. The summed E-state index contributed by atoms with van der Waals surface area (Å²) in [6, 6.07) is 9.70. The highest BCUT2D eigenvalue weighted by Gasteiger charge is 2.17. The maximum absolute atomic E-state index is 11.9. The summed E-state index contributed by atoms with van der Waals surface area (Å²) < 4.78 is 0. The van der Waals surface area contributed by atoms with Gasteiger partial charge < -0.3 is 4.90 Å². The van der Waals surface area contributed by atoms with Gasteiger partial charge in [0.15, 0.2) is 0 Å². The average molecular weight is 201 g/mol. The molecule has 0 aliphatic heterocycles. The van der Waals surface area contributed by atoms with E-state index in [1.54, 1.807) is 11.9 Å². The zero-order valence-corrected chi connectivity index (χ0v) is 9.10. The zero-order chi connectivity index (χ0) is 11.3. The largest absolute Gasteiger partial charge is 0.334 e. The van der Waals surface area contributed by atoms with Crippen LogP contribution in [-0.2, 0) is 4.79 Å². The molecule has 78 valence electrons. The number of hydrogen-bond acceptors (Lipinski definition) is 1. The second-order valence-corrected chi connectivity index (χ2v) is 3.53. The second kappa shape index (κ2) is 5.21. The van der Waals surface area contributed by atoms with E-state index >= 15 is 0 Å². The lowest BCUT2D eigenvalue weighted by Gasteiger charge is -2.19. The molecule has 1 atom stereocenters. The van der Waals surface area contributed by atoms with Crippen LogP contribution in [0.15, 0.2) is 30.3 Å². The van der Waals surface area contributed by atoms with Crippen molar-refractivity contribution in [3.63, 3.8) is 0 Å². The summed E-state index contributed by atoms with van der Waals surface area (Å²) in [5, 5.41) is 0. The molecular formula is C13H15NO. The molecule has 0 saturated carbocycles. The maximum Gasteiger partial charge on any atom is 0.230 e. The van der Waals surface area contributed by atoms with Crippen LogP contribution in [0.3, 0.4) is 0 Å². The van der Waals surface area contributed by atoms with Gasteiger partial charge in [0.25, 0.3) is 0 Å². The topological polar surface area (TPSA) is 20.3 Å². The van der Waals surface area contributed by atoms with E-state index in [0.29, 0.717) is 6.54 Å². The van der Waals surface area contributed by atoms with E-state index in [1.807, 2.05) is 37.3 Å². The number of nitrogens with zero attached hydrogens (tertiary/aromatic N) is 1. The minimum absolute atomic E-state index is 0.0548. The number of amides is 1. The molecule has 0 radical (unpaired) electrons. The summed E-state index contributed by atoms with van der Waals surface area (Å²) in [5.41, 5.74) is 1.02. The van der Waals surface area contributed by atoms with Gasteiger partial charge in [-0.2, -0.15) is 0 Å². The van der Waals surface area contributed by atoms with Crippen LogP contribution >= 0.6 is 0 Å². The molecule has 0 fully saturated rings. The van der Waals surface area contributed by atoms with E-state index in [4.69, 9.17) is 6.42 Å². The van der Waals surface area contributed by atoms with Crippen molar-refractivity contribution in [2.24, 2.45) is 0 Å². The summed E-state index contributed by atoms with van der Waals surface area (Å²) in [6.45, 7) is 2.25. The van der Waals surface area contributed by atoms with Crippen LogP contribution in [0.1, 0.15) is 18.4 Å². The Bertz CT molecular complexity index is 364. The van der Waals surface area contributed by atoms with Crippen molar-refractivity contribution in [1.82, 2.24) is 4.90 Å². The van der Waals surface area contributed by atoms with Crippen molar-refractivity contribution in [1.29, 1.82) is 0 Å². The van der Waals surface area contributed by atoms with Crippen LogP contribution in [0.5, 0.6) is 0 Å². The Kier molecular flexibility index (Phi) is 3.93. The summed E-state index contributed by atoms with van der Waals surface area (Å²) in [6.07, 6.45) is 5.16. The molecule has 1 aromatic rings. The number of carbonyl (C=O) groups excluding carboxylic acids is 1. The fourth-order valence-corrected chi connectivity index (χ4v) is 1.43. The molecule has 15 heavy (non-hydrogen) atoms. The summed E-state index contributed by atoms with van der Waals surface area (Å²) >= 11 is 0. The fourth-order valence-electron chi connectivity index (χ4n) is 1.43. The zero-order valence-electron chi connectivity index (χ0n) is 9.10. The smallest absolute Gasteiger partial charge is 0.230 e. The normalized spacial score (nSPS) is 11.5. The highest BCUT2D eigenvalue weighted by atomic mass is 16.2. The number of likely N-dealkylation sites (N-methyl/N-ethyl adjacent to an activating group) is 1. The van der Waals surface area contributed by atoms with E-state index in [2.05, 4.69) is 5.92 Å². The summed E-state index contributed by atoms with van der Waals surface area (Å²) in [4.78, 5) is 13.4. The van der Waals surface area contributed by atoms with Crippen molar-refractivity contribution in [2.75, 3.05) is 13.6 Å². The molecule has 0 N–H and O–H groups in total. The first kappa shape index (κ1) is 11.3.